The summed E-state index contributed by atoms with van der Waals surface area (Å²) in [6.45, 7) is 0.951. The van der Waals surface area contributed by atoms with E-state index >= 15 is 0 Å². The van der Waals surface area contributed by atoms with Crippen LogP contribution in [0.4, 0.5) is 0 Å². The molecule has 1 rings (SSSR count). The lowest BCUT2D eigenvalue weighted by atomic mass is 10.4. The number of carbonyl (C=O) groups is 1. The highest BCUT2D eigenvalue weighted by Crippen LogP contribution is 1.81. The van der Waals surface area contributed by atoms with Gasteiger partial charge in [-0.05, 0) is 10.4 Å². The van der Waals surface area contributed by atoms with Crippen molar-refractivity contribution in [1.82, 2.24) is 25.5 Å². The van der Waals surface area contributed by atoms with Gasteiger partial charge in [0.25, 0.3) is 0 Å². The van der Waals surface area contributed by atoms with Crippen molar-refractivity contribution in [1.29, 1.82) is 0 Å². The van der Waals surface area contributed by atoms with Gasteiger partial charge in [0.05, 0.1) is 13.1 Å². The molecule has 1 amide bonds. The van der Waals surface area contributed by atoms with Crippen LogP contribution in [-0.4, -0.2) is 39.2 Å². The van der Waals surface area contributed by atoms with Crippen LogP contribution in [-0.2, 0) is 11.3 Å². The molecule has 0 saturated carbocycles. The van der Waals surface area contributed by atoms with E-state index in [0.29, 0.717) is 13.1 Å². The molecular weight excluding hydrogens is 188 g/mol. The minimum atomic E-state index is -0.197. The average Bonchev–Trinajstić information content (AvgIpc) is 2.67. The maximum atomic E-state index is 11.0. The standard InChI is InChI=1S/C6H10N6O2/c13-6(1-2-9-14)7-3-4-12-5-8-10-11-12/h5H,1-4H2,(H,7,13). The fourth-order valence-corrected chi connectivity index (χ4v) is 0.828. The number of carbonyl (C=O) groups excluding carboxylic acids is 1. The normalized spacial score (nSPS) is 9.71. The highest BCUT2D eigenvalue weighted by Gasteiger charge is 2.00. The first-order valence-corrected chi connectivity index (χ1v) is 4.09. The number of nitroso groups, excluding NO2 is 1. The summed E-state index contributed by atoms with van der Waals surface area (Å²) in [7, 11) is 0. The molecule has 0 radical (unpaired) electrons. The second-order valence-corrected chi connectivity index (χ2v) is 2.53. The van der Waals surface area contributed by atoms with Gasteiger partial charge in [-0.3, -0.25) is 4.79 Å². The first-order valence-electron chi connectivity index (χ1n) is 4.09. The summed E-state index contributed by atoms with van der Waals surface area (Å²) < 4.78 is 1.50. The second kappa shape index (κ2) is 5.73. The molecule has 0 saturated heterocycles. The Labute approximate surface area is 79.6 Å². The van der Waals surface area contributed by atoms with Gasteiger partial charge in [-0.15, -0.1) is 5.10 Å². The molecule has 8 heteroatoms. The maximum Gasteiger partial charge on any atom is 0.222 e. The Morgan fingerprint density at radius 3 is 3.07 bits per heavy atom. The molecule has 0 aromatic carbocycles. The largest absolute Gasteiger partial charge is 0.354 e. The van der Waals surface area contributed by atoms with Crippen molar-refractivity contribution in [3.05, 3.63) is 11.2 Å². The van der Waals surface area contributed by atoms with Crippen LogP contribution in [0.2, 0.25) is 0 Å². The van der Waals surface area contributed by atoms with Gasteiger partial charge >= 0.3 is 0 Å². The van der Waals surface area contributed by atoms with Gasteiger partial charge in [-0.25, -0.2) is 4.68 Å². The minimum absolute atomic E-state index is 0.0106. The van der Waals surface area contributed by atoms with Crippen molar-refractivity contribution < 1.29 is 4.79 Å². The predicted molar refractivity (Wildman–Crippen MR) is 46.1 cm³/mol. The van der Waals surface area contributed by atoms with Crippen molar-refractivity contribution in [3.8, 4) is 0 Å². The molecule has 0 fully saturated rings. The number of nitrogens with one attached hydrogen (secondary N) is 1. The Hall–Kier alpha value is -1.86. The topological polar surface area (TPSA) is 102 Å². The molecule has 1 heterocycles. The summed E-state index contributed by atoms with van der Waals surface area (Å²) in [6, 6.07) is 0. The highest BCUT2D eigenvalue weighted by molar-refractivity contribution is 5.75. The SMILES string of the molecule is O=NCCC(=O)NCCn1cnnn1. The molecule has 1 aromatic heterocycles. The van der Waals surface area contributed by atoms with Crippen LogP contribution < -0.4 is 5.32 Å². The Bertz CT molecular complexity index is 285. The van der Waals surface area contributed by atoms with Crippen LogP contribution in [0.25, 0.3) is 0 Å². The lowest BCUT2D eigenvalue weighted by molar-refractivity contribution is -0.120. The monoisotopic (exact) mass is 198 g/mol. The third kappa shape index (κ3) is 3.70. The molecule has 0 spiro atoms. The van der Waals surface area contributed by atoms with Gasteiger partial charge in [0.1, 0.15) is 6.33 Å². The Morgan fingerprint density at radius 2 is 2.43 bits per heavy atom. The number of hydrogen-bond acceptors (Lipinski definition) is 6. The Balaban J connectivity index is 2.09. The van der Waals surface area contributed by atoms with Crippen LogP contribution in [0.15, 0.2) is 11.5 Å². The Morgan fingerprint density at radius 1 is 1.57 bits per heavy atom. The number of aromatic nitrogens is 4. The van der Waals surface area contributed by atoms with Gasteiger partial charge in [-0.2, -0.15) is 4.91 Å². The summed E-state index contributed by atoms with van der Waals surface area (Å²) in [4.78, 5) is 20.7. The summed E-state index contributed by atoms with van der Waals surface area (Å²) >= 11 is 0. The first kappa shape index (κ1) is 10.2. The van der Waals surface area contributed by atoms with E-state index in [-0.39, 0.29) is 18.9 Å². The average molecular weight is 198 g/mol. The zero-order valence-electron chi connectivity index (χ0n) is 7.46. The van der Waals surface area contributed by atoms with Crippen molar-refractivity contribution in [2.24, 2.45) is 5.18 Å². The van der Waals surface area contributed by atoms with Gasteiger partial charge < -0.3 is 5.32 Å². The lowest BCUT2D eigenvalue weighted by Crippen LogP contribution is -2.27. The molecule has 0 unspecified atom stereocenters. The van der Waals surface area contributed by atoms with Crippen LogP contribution in [0.3, 0.4) is 0 Å². The molecular formula is C6H10N6O2. The smallest absolute Gasteiger partial charge is 0.222 e. The molecule has 76 valence electrons. The van der Waals surface area contributed by atoms with Crippen molar-refractivity contribution >= 4 is 5.91 Å². The van der Waals surface area contributed by atoms with E-state index in [1.807, 2.05) is 0 Å². The Kier molecular flexibility index (Phi) is 4.18. The van der Waals surface area contributed by atoms with Crippen molar-refractivity contribution in [3.63, 3.8) is 0 Å². The molecule has 0 atom stereocenters. The third-order valence-electron chi connectivity index (χ3n) is 1.48. The quantitative estimate of drug-likeness (QED) is 0.587. The second-order valence-electron chi connectivity index (χ2n) is 2.53. The van der Waals surface area contributed by atoms with E-state index < -0.39 is 0 Å². The summed E-state index contributed by atoms with van der Waals surface area (Å²) in [5, 5.41) is 15.7. The zero-order valence-corrected chi connectivity index (χ0v) is 7.46. The number of tetrazole rings is 1. The fourth-order valence-electron chi connectivity index (χ4n) is 0.828. The minimum Gasteiger partial charge on any atom is -0.354 e. The summed E-state index contributed by atoms with van der Waals surface area (Å²) in [5.41, 5.74) is 0. The van der Waals surface area contributed by atoms with Gasteiger partial charge in [0, 0.05) is 13.0 Å². The van der Waals surface area contributed by atoms with Gasteiger partial charge in [0.15, 0.2) is 0 Å². The number of nitrogens with zero attached hydrogens (tertiary/aromatic N) is 5. The molecule has 0 bridgehead atoms. The van der Waals surface area contributed by atoms with Crippen LogP contribution >= 0.6 is 0 Å². The van der Waals surface area contributed by atoms with Crippen LogP contribution in [0.5, 0.6) is 0 Å². The number of hydrogen-bond donors (Lipinski definition) is 1. The lowest BCUT2D eigenvalue weighted by Gasteiger charge is -2.02. The van der Waals surface area contributed by atoms with Gasteiger partial charge in [0.2, 0.25) is 5.91 Å². The van der Waals surface area contributed by atoms with Gasteiger partial charge in [-0.1, -0.05) is 5.18 Å². The van der Waals surface area contributed by atoms with Crippen molar-refractivity contribution in [2.75, 3.05) is 13.1 Å². The molecule has 1 aromatic rings. The molecule has 0 aliphatic rings. The zero-order chi connectivity index (χ0) is 10.2. The maximum absolute atomic E-state index is 11.0. The summed E-state index contributed by atoms with van der Waals surface area (Å²) in [5.74, 6) is -0.197. The number of rotatable bonds is 6. The highest BCUT2D eigenvalue weighted by atomic mass is 16.3. The molecule has 0 aliphatic carbocycles. The van der Waals surface area contributed by atoms with Crippen molar-refractivity contribution in [2.45, 2.75) is 13.0 Å². The molecule has 8 nitrogen and oxygen atoms in total. The fraction of sp³-hybridized carbons (Fsp3) is 0.667. The molecule has 1 N–H and O–H groups in total. The van der Waals surface area contributed by atoms with E-state index in [9.17, 15) is 9.70 Å². The predicted octanol–water partition coefficient (Wildman–Crippen LogP) is -1.05. The van der Waals surface area contributed by atoms with Crippen LogP contribution in [0.1, 0.15) is 6.42 Å². The van der Waals surface area contributed by atoms with E-state index in [0.717, 1.165) is 0 Å². The third-order valence-corrected chi connectivity index (χ3v) is 1.48. The van der Waals surface area contributed by atoms with E-state index in [1.165, 1.54) is 11.0 Å². The van der Waals surface area contributed by atoms with Crippen LogP contribution in [0, 0.1) is 4.91 Å². The van der Waals surface area contributed by atoms with E-state index in [4.69, 9.17) is 0 Å². The van der Waals surface area contributed by atoms with E-state index in [2.05, 4.69) is 26.0 Å². The van der Waals surface area contributed by atoms with E-state index in [1.54, 1.807) is 0 Å². The summed E-state index contributed by atoms with van der Waals surface area (Å²) in [6.07, 6.45) is 1.58. The first-order chi connectivity index (χ1) is 6.83. The molecule has 0 aliphatic heterocycles. The number of amides is 1. The molecule has 14 heavy (non-hydrogen) atoms.